The summed E-state index contributed by atoms with van der Waals surface area (Å²) in [5, 5.41) is 0. The van der Waals surface area contributed by atoms with Crippen molar-refractivity contribution in [2.24, 2.45) is 0 Å². The SMILES string of the molecule is CCOc1ccc(-c2cn3cc(-c4ccc(C)c(F)c4)nc(N)c3n2)cc1OC. The van der Waals surface area contributed by atoms with Crippen molar-refractivity contribution >= 4 is 11.5 Å². The Morgan fingerprint density at radius 2 is 1.69 bits per heavy atom. The fraction of sp³-hybridized carbons (Fsp3) is 0.182. The van der Waals surface area contributed by atoms with Crippen LogP contribution < -0.4 is 15.2 Å². The molecule has 0 aliphatic carbocycles. The molecule has 4 rings (SSSR count). The number of hydrogen-bond acceptors (Lipinski definition) is 5. The lowest BCUT2D eigenvalue weighted by molar-refractivity contribution is 0.311. The van der Waals surface area contributed by atoms with Gasteiger partial charge in [-0.2, -0.15) is 0 Å². The zero-order valence-electron chi connectivity index (χ0n) is 16.4. The van der Waals surface area contributed by atoms with Crippen molar-refractivity contribution in [3.63, 3.8) is 0 Å². The Morgan fingerprint density at radius 1 is 1.00 bits per heavy atom. The van der Waals surface area contributed by atoms with Gasteiger partial charge in [0, 0.05) is 23.5 Å². The van der Waals surface area contributed by atoms with Gasteiger partial charge in [-0.3, -0.25) is 0 Å². The van der Waals surface area contributed by atoms with Gasteiger partial charge < -0.3 is 19.6 Å². The summed E-state index contributed by atoms with van der Waals surface area (Å²) < 4.78 is 26.8. The standard InChI is InChI=1S/C22H21FN4O2/c1-4-29-19-8-7-15(10-20(19)28-3)18-12-27-11-17(25-21(24)22(27)26-18)14-6-5-13(2)16(23)9-14/h5-12H,4H2,1-3H3,(H2,24,25). The van der Waals surface area contributed by atoms with Gasteiger partial charge >= 0.3 is 0 Å². The summed E-state index contributed by atoms with van der Waals surface area (Å²) in [6.45, 7) is 4.19. The molecular formula is C22H21FN4O2. The van der Waals surface area contributed by atoms with Gasteiger partial charge in [-0.15, -0.1) is 0 Å². The molecule has 4 aromatic rings. The molecule has 0 saturated heterocycles. The number of hydrogen-bond donors (Lipinski definition) is 1. The predicted octanol–water partition coefficient (Wildman–Crippen LogP) is 4.50. The normalized spacial score (nSPS) is 11.0. The lowest BCUT2D eigenvalue weighted by Crippen LogP contribution is -1.99. The van der Waals surface area contributed by atoms with Crippen LogP contribution in [-0.4, -0.2) is 28.1 Å². The van der Waals surface area contributed by atoms with E-state index in [1.165, 1.54) is 6.07 Å². The number of benzene rings is 2. The van der Waals surface area contributed by atoms with Crippen molar-refractivity contribution < 1.29 is 13.9 Å². The van der Waals surface area contributed by atoms with Crippen LogP contribution in [0.5, 0.6) is 11.5 Å². The second-order valence-corrected chi connectivity index (χ2v) is 6.63. The molecule has 2 N–H and O–H groups in total. The monoisotopic (exact) mass is 392 g/mol. The van der Waals surface area contributed by atoms with E-state index in [4.69, 9.17) is 15.2 Å². The van der Waals surface area contributed by atoms with Gasteiger partial charge in [-0.25, -0.2) is 14.4 Å². The van der Waals surface area contributed by atoms with E-state index in [-0.39, 0.29) is 11.6 Å². The molecule has 6 nitrogen and oxygen atoms in total. The first-order valence-electron chi connectivity index (χ1n) is 9.23. The maximum atomic E-state index is 14.0. The Bertz CT molecular complexity index is 1200. The third-order valence-electron chi connectivity index (χ3n) is 4.69. The third kappa shape index (κ3) is 3.47. The van der Waals surface area contributed by atoms with Gasteiger partial charge in [0.25, 0.3) is 0 Å². The van der Waals surface area contributed by atoms with Crippen molar-refractivity contribution in [2.75, 3.05) is 19.5 Å². The van der Waals surface area contributed by atoms with E-state index in [0.717, 1.165) is 5.56 Å². The second kappa shape index (κ2) is 7.43. The van der Waals surface area contributed by atoms with E-state index in [9.17, 15) is 4.39 Å². The van der Waals surface area contributed by atoms with Crippen LogP contribution in [0.3, 0.4) is 0 Å². The molecule has 148 valence electrons. The summed E-state index contributed by atoms with van der Waals surface area (Å²) in [5.41, 5.74) is 10.0. The number of fused-ring (bicyclic) bond motifs is 1. The Morgan fingerprint density at radius 3 is 2.38 bits per heavy atom. The first kappa shape index (κ1) is 18.7. The first-order valence-corrected chi connectivity index (χ1v) is 9.23. The minimum absolute atomic E-state index is 0.271. The molecule has 29 heavy (non-hydrogen) atoms. The summed E-state index contributed by atoms with van der Waals surface area (Å²) in [7, 11) is 1.60. The van der Waals surface area contributed by atoms with Crippen LogP contribution in [0.2, 0.25) is 0 Å². The van der Waals surface area contributed by atoms with E-state index in [2.05, 4.69) is 9.97 Å². The van der Waals surface area contributed by atoms with Crippen LogP contribution in [0.1, 0.15) is 12.5 Å². The number of nitrogens with two attached hydrogens (primary N) is 1. The Hall–Kier alpha value is -3.61. The fourth-order valence-corrected chi connectivity index (χ4v) is 3.15. The van der Waals surface area contributed by atoms with Gasteiger partial charge in [0.05, 0.1) is 25.1 Å². The van der Waals surface area contributed by atoms with Crippen molar-refractivity contribution in [3.05, 3.63) is 60.2 Å². The summed E-state index contributed by atoms with van der Waals surface area (Å²) in [4.78, 5) is 9.01. The average molecular weight is 392 g/mol. The van der Waals surface area contributed by atoms with E-state index in [1.54, 1.807) is 30.7 Å². The number of aromatic nitrogens is 3. The van der Waals surface area contributed by atoms with Gasteiger partial charge in [-0.1, -0.05) is 12.1 Å². The summed E-state index contributed by atoms with van der Waals surface area (Å²) in [6, 6.07) is 10.6. The van der Waals surface area contributed by atoms with Gasteiger partial charge in [0.1, 0.15) is 5.82 Å². The molecule has 0 atom stereocenters. The zero-order chi connectivity index (χ0) is 20.5. The van der Waals surface area contributed by atoms with Crippen LogP contribution >= 0.6 is 0 Å². The molecule has 0 saturated carbocycles. The van der Waals surface area contributed by atoms with Crippen molar-refractivity contribution in [1.82, 2.24) is 14.4 Å². The van der Waals surface area contributed by atoms with E-state index in [1.807, 2.05) is 37.4 Å². The summed E-state index contributed by atoms with van der Waals surface area (Å²) >= 11 is 0. The summed E-state index contributed by atoms with van der Waals surface area (Å²) in [5.74, 6) is 1.29. The molecule has 0 fully saturated rings. The van der Waals surface area contributed by atoms with Crippen molar-refractivity contribution in [2.45, 2.75) is 13.8 Å². The molecule has 7 heteroatoms. The van der Waals surface area contributed by atoms with E-state index in [0.29, 0.717) is 46.3 Å². The molecular weight excluding hydrogens is 371 g/mol. The van der Waals surface area contributed by atoms with Crippen molar-refractivity contribution in [1.29, 1.82) is 0 Å². The molecule has 2 heterocycles. The number of methoxy groups -OCH3 is 1. The number of rotatable bonds is 5. The Balaban J connectivity index is 1.78. The highest BCUT2D eigenvalue weighted by molar-refractivity contribution is 5.73. The summed E-state index contributed by atoms with van der Waals surface area (Å²) in [6.07, 6.45) is 3.65. The van der Waals surface area contributed by atoms with Crippen molar-refractivity contribution in [3.8, 4) is 34.0 Å². The lowest BCUT2D eigenvalue weighted by Gasteiger charge is -2.09. The van der Waals surface area contributed by atoms with Gasteiger partial charge in [0.15, 0.2) is 23.0 Å². The van der Waals surface area contributed by atoms with E-state index >= 15 is 0 Å². The largest absolute Gasteiger partial charge is 0.493 e. The highest BCUT2D eigenvalue weighted by atomic mass is 19.1. The number of imidazole rings is 1. The highest BCUT2D eigenvalue weighted by Gasteiger charge is 2.13. The molecule has 0 aliphatic rings. The molecule has 0 spiro atoms. The maximum Gasteiger partial charge on any atom is 0.180 e. The molecule has 2 aromatic heterocycles. The van der Waals surface area contributed by atoms with Crippen LogP contribution in [0.25, 0.3) is 28.2 Å². The minimum Gasteiger partial charge on any atom is -0.493 e. The molecule has 0 aliphatic heterocycles. The maximum absolute atomic E-state index is 14.0. The van der Waals surface area contributed by atoms with Gasteiger partial charge in [-0.05, 0) is 43.7 Å². The first-order chi connectivity index (χ1) is 14.0. The number of ether oxygens (including phenoxy) is 2. The molecule has 0 bridgehead atoms. The number of nitrogens with zero attached hydrogens (tertiary/aromatic N) is 3. The van der Waals surface area contributed by atoms with Crippen LogP contribution in [0, 0.1) is 12.7 Å². The molecule has 0 amide bonds. The van der Waals surface area contributed by atoms with Crippen LogP contribution in [-0.2, 0) is 0 Å². The van der Waals surface area contributed by atoms with Crippen LogP contribution in [0.4, 0.5) is 10.2 Å². The number of anilines is 1. The Labute approximate surface area is 167 Å². The lowest BCUT2D eigenvalue weighted by atomic mass is 10.1. The van der Waals surface area contributed by atoms with Crippen LogP contribution in [0.15, 0.2) is 48.8 Å². The highest BCUT2D eigenvalue weighted by Crippen LogP contribution is 2.33. The van der Waals surface area contributed by atoms with E-state index < -0.39 is 0 Å². The van der Waals surface area contributed by atoms with Gasteiger partial charge in [0.2, 0.25) is 0 Å². The topological polar surface area (TPSA) is 74.7 Å². The number of aryl methyl sites for hydroxylation is 1. The number of halogens is 1. The number of nitrogen functional groups attached to an aromatic ring is 1. The third-order valence-corrected chi connectivity index (χ3v) is 4.69. The Kier molecular flexibility index (Phi) is 4.80. The smallest absolute Gasteiger partial charge is 0.180 e. The predicted molar refractivity (Wildman–Crippen MR) is 111 cm³/mol. The molecule has 0 radical (unpaired) electrons. The molecule has 2 aromatic carbocycles. The quantitative estimate of drug-likeness (QED) is 0.541. The fourth-order valence-electron chi connectivity index (χ4n) is 3.15. The second-order valence-electron chi connectivity index (χ2n) is 6.63. The molecule has 0 unspecified atom stereocenters. The average Bonchev–Trinajstić information content (AvgIpc) is 3.15. The zero-order valence-corrected chi connectivity index (χ0v) is 16.4. The minimum atomic E-state index is -0.282.